The van der Waals surface area contributed by atoms with Gasteiger partial charge in [0, 0.05) is 31.3 Å². The summed E-state index contributed by atoms with van der Waals surface area (Å²) in [6.07, 6.45) is 1.26. The van der Waals surface area contributed by atoms with E-state index in [1.54, 1.807) is 0 Å². The van der Waals surface area contributed by atoms with Crippen LogP contribution in [0.25, 0.3) is 0 Å². The van der Waals surface area contributed by atoms with E-state index in [2.05, 4.69) is 51.8 Å². The SMILES string of the molecule is CCNC1CCN(C(COCC)C(C)C)C(C)C1C. The molecule has 1 aliphatic rings. The molecule has 1 N–H and O–H groups in total. The lowest BCUT2D eigenvalue weighted by Crippen LogP contribution is -2.58. The molecule has 4 atom stereocenters. The van der Waals surface area contributed by atoms with Crippen molar-refractivity contribution in [3.8, 4) is 0 Å². The second-order valence-electron chi connectivity index (χ2n) is 6.26. The van der Waals surface area contributed by atoms with Crippen LogP contribution in [0.5, 0.6) is 0 Å². The first kappa shape index (κ1) is 16.9. The van der Waals surface area contributed by atoms with Crippen LogP contribution in [-0.4, -0.2) is 49.3 Å². The quantitative estimate of drug-likeness (QED) is 0.770. The molecule has 0 aromatic rings. The van der Waals surface area contributed by atoms with Crippen molar-refractivity contribution >= 4 is 0 Å². The van der Waals surface area contributed by atoms with E-state index in [4.69, 9.17) is 4.74 Å². The van der Waals surface area contributed by atoms with Crippen LogP contribution in [0, 0.1) is 11.8 Å². The third-order valence-electron chi connectivity index (χ3n) is 4.77. The predicted molar refractivity (Wildman–Crippen MR) is 82.5 cm³/mol. The van der Waals surface area contributed by atoms with Crippen LogP contribution in [0.2, 0.25) is 0 Å². The molecule has 0 aromatic heterocycles. The average molecular weight is 270 g/mol. The molecule has 1 heterocycles. The Morgan fingerprint density at radius 2 is 1.95 bits per heavy atom. The molecule has 3 nitrogen and oxygen atoms in total. The molecule has 1 fully saturated rings. The van der Waals surface area contributed by atoms with Crippen LogP contribution in [0.1, 0.15) is 48.0 Å². The lowest BCUT2D eigenvalue weighted by atomic mass is 9.84. The van der Waals surface area contributed by atoms with Gasteiger partial charge < -0.3 is 10.1 Å². The fraction of sp³-hybridized carbons (Fsp3) is 1.00. The summed E-state index contributed by atoms with van der Waals surface area (Å²) in [4.78, 5) is 2.68. The zero-order chi connectivity index (χ0) is 14.4. The molecule has 0 amide bonds. The lowest BCUT2D eigenvalue weighted by molar-refractivity contribution is -0.0146. The maximum atomic E-state index is 5.71. The Hall–Kier alpha value is -0.120. The van der Waals surface area contributed by atoms with Crippen molar-refractivity contribution in [3.05, 3.63) is 0 Å². The summed E-state index contributed by atoms with van der Waals surface area (Å²) in [7, 11) is 0. The summed E-state index contributed by atoms with van der Waals surface area (Å²) in [6.45, 7) is 17.7. The van der Waals surface area contributed by atoms with E-state index < -0.39 is 0 Å². The molecule has 1 saturated heterocycles. The van der Waals surface area contributed by atoms with Crippen molar-refractivity contribution in [3.63, 3.8) is 0 Å². The van der Waals surface area contributed by atoms with Crippen LogP contribution < -0.4 is 5.32 Å². The Labute approximate surface area is 120 Å². The highest BCUT2D eigenvalue weighted by molar-refractivity contribution is 4.92. The molecule has 0 aliphatic carbocycles. The highest BCUT2D eigenvalue weighted by Gasteiger charge is 2.36. The highest BCUT2D eigenvalue weighted by Crippen LogP contribution is 2.27. The van der Waals surface area contributed by atoms with Gasteiger partial charge in [-0.25, -0.2) is 0 Å². The van der Waals surface area contributed by atoms with Gasteiger partial charge in [-0.2, -0.15) is 0 Å². The second-order valence-corrected chi connectivity index (χ2v) is 6.26. The molecule has 0 radical (unpaired) electrons. The van der Waals surface area contributed by atoms with Crippen LogP contribution in [-0.2, 0) is 4.74 Å². The summed E-state index contributed by atoms with van der Waals surface area (Å²) >= 11 is 0. The maximum absolute atomic E-state index is 5.71. The lowest BCUT2D eigenvalue weighted by Gasteiger charge is -2.47. The van der Waals surface area contributed by atoms with E-state index in [9.17, 15) is 0 Å². The van der Waals surface area contributed by atoms with E-state index in [1.165, 1.54) is 13.0 Å². The number of hydrogen-bond acceptors (Lipinski definition) is 3. The zero-order valence-corrected chi connectivity index (χ0v) is 13.8. The largest absolute Gasteiger partial charge is 0.380 e. The van der Waals surface area contributed by atoms with Gasteiger partial charge in [0.2, 0.25) is 0 Å². The molecule has 0 spiro atoms. The minimum atomic E-state index is 0.556. The summed E-state index contributed by atoms with van der Waals surface area (Å²) in [6, 6.07) is 1.86. The van der Waals surface area contributed by atoms with Gasteiger partial charge in [-0.1, -0.05) is 27.7 Å². The van der Waals surface area contributed by atoms with E-state index >= 15 is 0 Å². The monoisotopic (exact) mass is 270 g/mol. The standard InChI is InChI=1S/C16H34N2O/c1-7-17-15-9-10-18(14(6)13(15)5)16(12(3)4)11-19-8-2/h12-17H,7-11H2,1-6H3. The van der Waals surface area contributed by atoms with Crippen LogP contribution in [0.15, 0.2) is 0 Å². The van der Waals surface area contributed by atoms with Gasteiger partial charge in [-0.15, -0.1) is 0 Å². The minimum absolute atomic E-state index is 0.556. The fourth-order valence-corrected chi connectivity index (χ4v) is 3.32. The number of hydrogen-bond donors (Lipinski definition) is 1. The molecule has 4 unspecified atom stereocenters. The Morgan fingerprint density at radius 3 is 2.47 bits per heavy atom. The molecule has 3 heteroatoms. The highest BCUT2D eigenvalue weighted by atomic mass is 16.5. The number of nitrogens with zero attached hydrogens (tertiary/aromatic N) is 1. The molecule has 0 bridgehead atoms. The van der Waals surface area contributed by atoms with Crippen molar-refractivity contribution in [1.29, 1.82) is 0 Å². The Balaban J connectivity index is 2.66. The molecule has 1 aliphatic heterocycles. The van der Waals surface area contributed by atoms with Gasteiger partial charge in [-0.3, -0.25) is 4.90 Å². The molecule has 0 saturated carbocycles. The molecule has 0 aromatic carbocycles. The van der Waals surface area contributed by atoms with Crippen molar-refractivity contribution in [1.82, 2.24) is 10.2 Å². The number of rotatable bonds is 7. The summed E-state index contributed by atoms with van der Waals surface area (Å²) in [5, 5.41) is 3.64. The predicted octanol–water partition coefficient (Wildman–Crippen LogP) is 2.76. The van der Waals surface area contributed by atoms with E-state index in [1.807, 2.05) is 0 Å². The third-order valence-corrected chi connectivity index (χ3v) is 4.77. The molecular formula is C16H34N2O. The van der Waals surface area contributed by atoms with Gasteiger partial charge in [0.15, 0.2) is 0 Å². The number of ether oxygens (including phenoxy) is 1. The minimum Gasteiger partial charge on any atom is -0.380 e. The maximum Gasteiger partial charge on any atom is 0.0624 e. The van der Waals surface area contributed by atoms with Crippen LogP contribution in [0.4, 0.5) is 0 Å². The molecule has 19 heavy (non-hydrogen) atoms. The van der Waals surface area contributed by atoms with Crippen LogP contribution in [0.3, 0.4) is 0 Å². The first-order valence-corrected chi connectivity index (χ1v) is 8.09. The second kappa shape index (κ2) is 8.23. The summed E-state index contributed by atoms with van der Waals surface area (Å²) < 4.78 is 5.71. The van der Waals surface area contributed by atoms with Crippen molar-refractivity contribution in [2.45, 2.75) is 66.1 Å². The third kappa shape index (κ3) is 4.44. The topological polar surface area (TPSA) is 24.5 Å². The van der Waals surface area contributed by atoms with Gasteiger partial charge in [-0.05, 0) is 38.6 Å². The normalized spacial score (nSPS) is 30.8. The van der Waals surface area contributed by atoms with Gasteiger partial charge in [0.1, 0.15) is 0 Å². The number of nitrogens with one attached hydrogen (secondary N) is 1. The van der Waals surface area contributed by atoms with Gasteiger partial charge in [0.25, 0.3) is 0 Å². The smallest absolute Gasteiger partial charge is 0.0624 e. The van der Waals surface area contributed by atoms with Gasteiger partial charge >= 0.3 is 0 Å². The summed E-state index contributed by atoms with van der Waals surface area (Å²) in [5.41, 5.74) is 0. The fourth-order valence-electron chi connectivity index (χ4n) is 3.32. The van der Waals surface area contributed by atoms with Crippen molar-refractivity contribution in [2.75, 3.05) is 26.3 Å². The van der Waals surface area contributed by atoms with Crippen LogP contribution >= 0.6 is 0 Å². The summed E-state index contributed by atoms with van der Waals surface area (Å²) in [5.74, 6) is 1.36. The Kier molecular flexibility index (Phi) is 7.33. The van der Waals surface area contributed by atoms with Crippen molar-refractivity contribution in [2.24, 2.45) is 11.8 Å². The van der Waals surface area contributed by atoms with E-state index in [-0.39, 0.29) is 0 Å². The molecular weight excluding hydrogens is 236 g/mol. The first-order valence-electron chi connectivity index (χ1n) is 8.09. The Morgan fingerprint density at radius 1 is 1.26 bits per heavy atom. The van der Waals surface area contributed by atoms with E-state index in [0.717, 1.165) is 19.8 Å². The van der Waals surface area contributed by atoms with Gasteiger partial charge in [0.05, 0.1) is 6.61 Å². The van der Waals surface area contributed by atoms with Crippen molar-refractivity contribution < 1.29 is 4.74 Å². The number of piperidine rings is 1. The molecule has 1 rings (SSSR count). The Bertz CT molecular complexity index is 245. The number of likely N-dealkylation sites (tertiary alicyclic amines) is 1. The van der Waals surface area contributed by atoms with E-state index in [0.29, 0.717) is 30.0 Å². The first-order chi connectivity index (χ1) is 9.02. The zero-order valence-electron chi connectivity index (χ0n) is 13.8. The average Bonchev–Trinajstić information content (AvgIpc) is 2.37. The molecule has 114 valence electrons.